The third-order valence-electron chi connectivity index (χ3n) is 7.31. The molecular formula is C29H42O7. The van der Waals surface area contributed by atoms with E-state index in [1.165, 1.54) is 0 Å². The molecule has 8 atom stereocenters. The second-order valence-electron chi connectivity index (χ2n) is 10.3. The summed E-state index contributed by atoms with van der Waals surface area (Å²) in [5, 5.41) is 39.7. The molecule has 200 valence electrons. The summed E-state index contributed by atoms with van der Waals surface area (Å²) < 4.78 is 12.7. The van der Waals surface area contributed by atoms with Crippen molar-refractivity contribution in [3.05, 3.63) is 54.1 Å². The summed E-state index contributed by atoms with van der Waals surface area (Å²) in [7, 11) is 0. The number of rotatable bonds is 14. The van der Waals surface area contributed by atoms with Gasteiger partial charge < -0.3 is 29.9 Å². The number of carbonyl (C=O) groups is 1. The lowest BCUT2D eigenvalue weighted by atomic mass is 9.66. The number of aliphatic carboxylic acids is 1. The number of carboxylic acids is 1. The van der Waals surface area contributed by atoms with Gasteiger partial charge in [-0.15, -0.1) is 0 Å². The van der Waals surface area contributed by atoms with E-state index in [1.54, 1.807) is 0 Å². The average molecular weight is 503 g/mol. The van der Waals surface area contributed by atoms with Crippen LogP contribution in [0, 0.1) is 17.8 Å². The minimum Gasteiger partial charge on any atom is -0.488 e. The molecule has 7 nitrogen and oxygen atoms in total. The third-order valence-corrected chi connectivity index (χ3v) is 7.31. The maximum Gasteiger partial charge on any atom is 0.305 e. The highest BCUT2D eigenvalue weighted by Gasteiger charge is 2.40. The molecule has 0 aromatic heterocycles. The number of benzene rings is 1. The molecule has 2 aliphatic carbocycles. The predicted molar refractivity (Wildman–Crippen MR) is 138 cm³/mol. The van der Waals surface area contributed by atoms with Gasteiger partial charge in [0.1, 0.15) is 11.9 Å². The average Bonchev–Trinajstić information content (AvgIpc) is 2.82. The first kappa shape index (κ1) is 28.4. The van der Waals surface area contributed by atoms with Crippen molar-refractivity contribution in [2.75, 3.05) is 6.61 Å². The number of hydrogen-bond donors (Lipinski definition) is 4. The summed E-state index contributed by atoms with van der Waals surface area (Å²) in [6, 6.07) is 9.73. The van der Waals surface area contributed by atoms with Crippen LogP contribution in [0.4, 0.5) is 0 Å². The summed E-state index contributed by atoms with van der Waals surface area (Å²) in [5.41, 5.74) is 1.07. The molecular weight excluding hydrogens is 460 g/mol. The Hall–Kier alpha value is -2.19. The van der Waals surface area contributed by atoms with E-state index >= 15 is 0 Å². The first-order chi connectivity index (χ1) is 17.3. The van der Waals surface area contributed by atoms with E-state index in [9.17, 15) is 20.1 Å². The lowest BCUT2D eigenvalue weighted by Crippen LogP contribution is -2.43. The molecule has 7 heteroatoms. The summed E-state index contributed by atoms with van der Waals surface area (Å²) in [6.07, 6.45) is 6.68. The van der Waals surface area contributed by atoms with Crippen LogP contribution in [0.15, 0.2) is 54.1 Å². The molecule has 4 N–H and O–H groups in total. The molecule has 0 saturated carbocycles. The Morgan fingerprint density at radius 2 is 1.89 bits per heavy atom. The summed E-state index contributed by atoms with van der Waals surface area (Å²) in [5.74, 6) is 0.286. The number of para-hydroxylation sites is 1. The number of allylic oxidation sites excluding steroid dienone is 2. The standard InChI is InChI=1S/C29H42O7/c1-3-7-25(36-24-8-5-4-6-9-24)18-35-27-16-22(31)14-20-11-10-19(2)26(29(20)27)13-12-21(30)15-23(32)17-28(33)34/h4-6,8-11,14,19,21-23,25-27,29-32H,3,7,12-13,15-18H2,1-2H3,(H,33,34). The summed E-state index contributed by atoms with van der Waals surface area (Å²) in [6.45, 7) is 4.71. The van der Waals surface area contributed by atoms with Gasteiger partial charge in [0.2, 0.25) is 0 Å². The molecule has 1 aromatic rings. The van der Waals surface area contributed by atoms with Gasteiger partial charge in [-0.1, -0.05) is 56.7 Å². The number of carboxylic acid groups (broad SMARTS) is 1. The van der Waals surface area contributed by atoms with E-state index in [-0.39, 0.29) is 42.8 Å². The van der Waals surface area contributed by atoms with Gasteiger partial charge in [-0.2, -0.15) is 0 Å². The van der Waals surface area contributed by atoms with Crippen molar-refractivity contribution in [3.63, 3.8) is 0 Å². The molecule has 0 spiro atoms. The van der Waals surface area contributed by atoms with Crippen LogP contribution in [0.3, 0.4) is 0 Å². The van der Waals surface area contributed by atoms with Crippen molar-refractivity contribution in [2.45, 2.75) is 89.3 Å². The molecule has 0 radical (unpaired) electrons. The van der Waals surface area contributed by atoms with Crippen molar-refractivity contribution in [1.29, 1.82) is 0 Å². The molecule has 0 heterocycles. The Labute approximate surface area is 214 Å². The highest BCUT2D eigenvalue weighted by Crippen LogP contribution is 2.44. The molecule has 0 fully saturated rings. The number of fused-ring (bicyclic) bond motifs is 1. The Morgan fingerprint density at radius 3 is 2.58 bits per heavy atom. The molecule has 1 aromatic carbocycles. The topological polar surface area (TPSA) is 116 Å². The zero-order chi connectivity index (χ0) is 26.1. The predicted octanol–water partition coefficient (Wildman–Crippen LogP) is 4.12. The maximum absolute atomic E-state index is 10.8. The van der Waals surface area contributed by atoms with Crippen LogP contribution in [-0.2, 0) is 9.53 Å². The van der Waals surface area contributed by atoms with E-state index in [2.05, 4.69) is 26.0 Å². The van der Waals surface area contributed by atoms with Crippen LogP contribution >= 0.6 is 0 Å². The van der Waals surface area contributed by atoms with Crippen LogP contribution in [0.2, 0.25) is 0 Å². The van der Waals surface area contributed by atoms with Gasteiger partial charge in [-0.05, 0) is 55.2 Å². The van der Waals surface area contributed by atoms with Crippen molar-refractivity contribution < 1.29 is 34.7 Å². The molecule has 0 amide bonds. The Balaban J connectivity index is 1.66. The summed E-state index contributed by atoms with van der Waals surface area (Å²) in [4.78, 5) is 10.8. The van der Waals surface area contributed by atoms with Crippen molar-refractivity contribution in [3.8, 4) is 5.75 Å². The Kier molecular flexibility index (Phi) is 11.0. The number of aliphatic hydroxyl groups is 3. The molecule has 0 bridgehead atoms. The van der Waals surface area contributed by atoms with Crippen LogP contribution in [0.25, 0.3) is 0 Å². The van der Waals surface area contributed by atoms with Gasteiger partial charge in [0, 0.05) is 12.3 Å². The first-order valence-electron chi connectivity index (χ1n) is 13.3. The highest BCUT2D eigenvalue weighted by molar-refractivity contribution is 5.67. The molecule has 8 unspecified atom stereocenters. The monoisotopic (exact) mass is 502 g/mol. The molecule has 0 aliphatic heterocycles. The number of ether oxygens (including phenoxy) is 2. The van der Waals surface area contributed by atoms with Gasteiger partial charge in [-0.25, -0.2) is 0 Å². The van der Waals surface area contributed by atoms with E-state index < -0.39 is 24.3 Å². The lowest BCUT2D eigenvalue weighted by Gasteiger charge is -2.43. The zero-order valence-corrected chi connectivity index (χ0v) is 21.4. The minimum absolute atomic E-state index is 0.0464. The van der Waals surface area contributed by atoms with E-state index in [4.69, 9.17) is 14.6 Å². The van der Waals surface area contributed by atoms with Crippen LogP contribution in [0.5, 0.6) is 5.75 Å². The second-order valence-corrected chi connectivity index (χ2v) is 10.3. The Morgan fingerprint density at radius 1 is 1.14 bits per heavy atom. The van der Waals surface area contributed by atoms with Crippen molar-refractivity contribution in [1.82, 2.24) is 0 Å². The normalized spacial score (nSPS) is 28.0. The fraction of sp³-hybridized carbons (Fsp3) is 0.621. The lowest BCUT2D eigenvalue weighted by molar-refractivity contribution is -0.139. The van der Waals surface area contributed by atoms with E-state index in [1.807, 2.05) is 36.4 Å². The van der Waals surface area contributed by atoms with Gasteiger partial charge in [0.25, 0.3) is 0 Å². The smallest absolute Gasteiger partial charge is 0.305 e. The van der Waals surface area contributed by atoms with Gasteiger partial charge >= 0.3 is 5.97 Å². The zero-order valence-electron chi connectivity index (χ0n) is 21.4. The van der Waals surface area contributed by atoms with Crippen LogP contribution < -0.4 is 4.74 Å². The minimum atomic E-state index is -1.08. The maximum atomic E-state index is 10.8. The molecule has 2 aliphatic rings. The van der Waals surface area contributed by atoms with Crippen molar-refractivity contribution in [2.24, 2.45) is 17.8 Å². The van der Waals surface area contributed by atoms with Crippen molar-refractivity contribution >= 4 is 5.97 Å². The fourth-order valence-electron chi connectivity index (χ4n) is 5.56. The first-order valence-corrected chi connectivity index (χ1v) is 13.3. The molecule has 3 rings (SSSR count). The van der Waals surface area contributed by atoms with E-state index in [0.717, 1.165) is 24.2 Å². The van der Waals surface area contributed by atoms with E-state index in [0.29, 0.717) is 25.9 Å². The highest BCUT2D eigenvalue weighted by atomic mass is 16.5. The van der Waals surface area contributed by atoms with Gasteiger partial charge in [0.15, 0.2) is 0 Å². The largest absolute Gasteiger partial charge is 0.488 e. The van der Waals surface area contributed by atoms with Crippen LogP contribution in [0.1, 0.15) is 58.8 Å². The van der Waals surface area contributed by atoms with Crippen LogP contribution in [-0.4, -0.2) is 63.5 Å². The summed E-state index contributed by atoms with van der Waals surface area (Å²) >= 11 is 0. The van der Waals surface area contributed by atoms with Gasteiger partial charge in [-0.3, -0.25) is 4.79 Å². The second kappa shape index (κ2) is 13.9. The Bertz CT molecular complexity index is 868. The molecule has 36 heavy (non-hydrogen) atoms. The SMILES string of the molecule is CCCC(COC1CC(O)C=C2C=CC(C)C(CCC(O)CC(O)CC(=O)O)C21)Oc1ccccc1. The fourth-order valence-corrected chi connectivity index (χ4v) is 5.56. The number of hydrogen-bond acceptors (Lipinski definition) is 6. The third kappa shape index (κ3) is 8.44. The van der Waals surface area contributed by atoms with Gasteiger partial charge in [0.05, 0.1) is 37.4 Å². The molecule has 0 saturated heterocycles. The number of aliphatic hydroxyl groups excluding tert-OH is 3. The quantitative estimate of drug-likeness (QED) is 0.302.